The van der Waals surface area contributed by atoms with Crippen LogP contribution < -0.4 is 5.32 Å². The molecular weight excluding hydrogens is 210 g/mol. The van der Waals surface area contributed by atoms with Gasteiger partial charge in [0.2, 0.25) is 5.91 Å². The predicted molar refractivity (Wildman–Crippen MR) is 61.0 cm³/mol. The molecule has 0 atom stereocenters. The molecule has 0 saturated heterocycles. The number of nitrogens with one attached hydrogen (secondary N) is 1. The molecule has 0 radical (unpaired) electrons. The summed E-state index contributed by atoms with van der Waals surface area (Å²) in [4.78, 5) is 11.3. The minimum absolute atomic E-state index is 0.0417. The van der Waals surface area contributed by atoms with Gasteiger partial charge in [-0.25, -0.2) is 0 Å². The van der Waals surface area contributed by atoms with E-state index in [0.29, 0.717) is 6.42 Å². The highest BCUT2D eigenvalue weighted by atomic mass is 32.1. The Labute approximate surface area is 91.6 Å². The van der Waals surface area contributed by atoms with Crippen molar-refractivity contribution in [3.05, 3.63) is 18.2 Å². The average molecular weight is 221 g/mol. The molecule has 1 aromatic carbocycles. The van der Waals surface area contributed by atoms with Crippen molar-refractivity contribution in [3.8, 4) is 0 Å². The van der Waals surface area contributed by atoms with E-state index < -0.39 is 0 Å². The van der Waals surface area contributed by atoms with Crippen LogP contribution in [0.1, 0.15) is 19.8 Å². The summed E-state index contributed by atoms with van der Waals surface area (Å²) in [6.45, 7) is 1.98. The van der Waals surface area contributed by atoms with Crippen LogP contribution in [0, 0.1) is 0 Å². The van der Waals surface area contributed by atoms with Gasteiger partial charge in [-0.3, -0.25) is 4.79 Å². The molecule has 1 heterocycles. The minimum atomic E-state index is 0.0417. The summed E-state index contributed by atoms with van der Waals surface area (Å²) < 4.78 is 8.21. The molecule has 1 aromatic heterocycles. The number of fused-ring (bicyclic) bond motifs is 1. The predicted octanol–water partition coefficient (Wildman–Crippen LogP) is 2.43. The van der Waals surface area contributed by atoms with Crippen LogP contribution in [0.25, 0.3) is 11.0 Å². The summed E-state index contributed by atoms with van der Waals surface area (Å²) in [5.74, 6) is 0.0417. The molecule has 1 amide bonds. The highest BCUT2D eigenvalue weighted by molar-refractivity contribution is 7.00. The maximum atomic E-state index is 11.3. The number of hydrogen-bond donors (Lipinski definition) is 1. The van der Waals surface area contributed by atoms with Crippen molar-refractivity contribution < 1.29 is 4.79 Å². The average Bonchev–Trinajstić information content (AvgIpc) is 2.65. The third kappa shape index (κ3) is 2.30. The molecule has 0 aliphatic carbocycles. The second kappa shape index (κ2) is 4.35. The van der Waals surface area contributed by atoms with Gasteiger partial charge in [-0.15, -0.1) is 0 Å². The van der Waals surface area contributed by atoms with E-state index in [2.05, 4.69) is 14.1 Å². The Hall–Kier alpha value is -1.49. The lowest BCUT2D eigenvalue weighted by molar-refractivity contribution is -0.116. The summed E-state index contributed by atoms with van der Waals surface area (Å²) in [6.07, 6.45) is 1.40. The van der Waals surface area contributed by atoms with E-state index >= 15 is 0 Å². The van der Waals surface area contributed by atoms with Gasteiger partial charge in [-0.2, -0.15) is 8.75 Å². The van der Waals surface area contributed by atoms with E-state index in [1.807, 2.05) is 25.1 Å². The molecule has 0 aliphatic heterocycles. The van der Waals surface area contributed by atoms with Crippen molar-refractivity contribution in [3.63, 3.8) is 0 Å². The maximum absolute atomic E-state index is 11.3. The number of amides is 1. The number of benzene rings is 1. The van der Waals surface area contributed by atoms with E-state index in [4.69, 9.17) is 0 Å². The van der Waals surface area contributed by atoms with E-state index in [-0.39, 0.29) is 5.91 Å². The van der Waals surface area contributed by atoms with Crippen molar-refractivity contribution in [2.24, 2.45) is 0 Å². The highest BCUT2D eigenvalue weighted by Crippen LogP contribution is 2.17. The van der Waals surface area contributed by atoms with Crippen LogP contribution in [0.2, 0.25) is 0 Å². The molecule has 15 heavy (non-hydrogen) atoms. The fourth-order valence-corrected chi connectivity index (χ4v) is 1.83. The number of carbonyl (C=O) groups excluding carboxylic acids is 1. The Morgan fingerprint density at radius 3 is 3.00 bits per heavy atom. The van der Waals surface area contributed by atoms with Gasteiger partial charge in [-0.1, -0.05) is 6.92 Å². The molecule has 0 saturated carbocycles. The zero-order valence-corrected chi connectivity index (χ0v) is 9.17. The molecule has 0 fully saturated rings. The van der Waals surface area contributed by atoms with Gasteiger partial charge in [0.1, 0.15) is 11.0 Å². The fraction of sp³-hybridized carbons (Fsp3) is 0.300. The molecule has 4 nitrogen and oxygen atoms in total. The molecule has 0 spiro atoms. The second-order valence-electron chi connectivity index (χ2n) is 3.27. The van der Waals surface area contributed by atoms with Crippen LogP contribution in [-0.4, -0.2) is 14.7 Å². The summed E-state index contributed by atoms with van der Waals surface area (Å²) in [5.41, 5.74) is 2.48. The van der Waals surface area contributed by atoms with Gasteiger partial charge >= 0.3 is 0 Å². The first kappa shape index (κ1) is 10.0. The Kier molecular flexibility index (Phi) is 2.91. The monoisotopic (exact) mass is 221 g/mol. The van der Waals surface area contributed by atoms with Crippen LogP contribution in [-0.2, 0) is 4.79 Å². The topological polar surface area (TPSA) is 54.9 Å². The Bertz CT molecular complexity index is 480. The third-order valence-corrected chi connectivity index (χ3v) is 2.57. The van der Waals surface area contributed by atoms with E-state index in [0.717, 1.165) is 23.1 Å². The first-order chi connectivity index (χ1) is 7.29. The second-order valence-corrected chi connectivity index (χ2v) is 3.79. The molecule has 5 heteroatoms. The summed E-state index contributed by atoms with van der Waals surface area (Å²) in [6, 6.07) is 5.55. The first-order valence-electron chi connectivity index (χ1n) is 4.82. The van der Waals surface area contributed by atoms with Crippen LogP contribution in [0.5, 0.6) is 0 Å². The molecule has 0 bridgehead atoms. The van der Waals surface area contributed by atoms with Crippen LogP contribution in [0.3, 0.4) is 0 Å². The van der Waals surface area contributed by atoms with Crippen molar-refractivity contribution in [1.82, 2.24) is 8.75 Å². The number of carbonyl (C=O) groups is 1. The molecule has 2 aromatic rings. The third-order valence-electron chi connectivity index (χ3n) is 2.01. The largest absolute Gasteiger partial charge is 0.326 e. The molecular formula is C10H11N3OS. The van der Waals surface area contributed by atoms with E-state index in [9.17, 15) is 4.79 Å². The minimum Gasteiger partial charge on any atom is -0.326 e. The summed E-state index contributed by atoms with van der Waals surface area (Å²) in [5, 5.41) is 2.82. The quantitative estimate of drug-likeness (QED) is 0.866. The highest BCUT2D eigenvalue weighted by Gasteiger charge is 2.03. The zero-order valence-electron chi connectivity index (χ0n) is 8.36. The van der Waals surface area contributed by atoms with Crippen molar-refractivity contribution in [2.45, 2.75) is 19.8 Å². The maximum Gasteiger partial charge on any atom is 0.224 e. The number of anilines is 1. The lowest BCUT2D eigenvalue weighted by atomic mass is 10.2. The standard InChI is InChI=1S/C10H11N3OS/c1-2-3-10(14)11-7-4-5-8-9(6-7)13-15-12-8/h4-6H,2-3H2,1H3,(H,11,14). The van der Waals surface area contributed by atoms with Gasteiger partial charge in [0.05, 0.1) is 11.7 Å². The lowest BCUT2D eigenvalue weighted by Gasteiger charge is -2.02. The van der Waals surface area contributed by atoms with E-state index in [1.54, 1.807) is 0 Å². The normalized spacial score (nSPS) is 10.5. The van der Waals surface area contributed by atoms with Crippen LogP contribution in [0.15, 0.2) is 18.2 Å². The Balaban J connectivity index is 2.17. The van der Waals surface area contributed by atoms with Crippen LogP contribution in [0.4, 0.5) is 5.69 Å². The van der Waals surface area contributed by atoms with Gasteiger partial charge in [0.25, 0.3) is 0 Å². The van der Waals surface area contributed by atoms with Crippen molar-refractivity contribution >= 4 is 34.4 Å². The zero-order chi connectivity index (χ0) is 10.7. The Morgan fingerprint density at radius 1 is 1.40 bits per heavy atom. The van der Waals surface area contributed by atoms with Gasteiger partial charge in [0, 0.05) is 12.1 Å². The van der Waals surface area contributed by atoms with Gasteiger partial charge < -0.3 is 5.32 Å². The number of aromatic nitrogens is 2. The molecule has 1 N–H and O–H groups in total. The number of nitrogens with zero attached hydrogens (tertiary/aromatic N) is 2. The first-order valence-corrected chi connectivity index (χ1v) is 5.55. The molecule has 0 unspecified atom stereocenters. The number of rotatable bonds is 3. The Morgan fingerprint density at radius 2 is 2.20 bits per heavy atom. The summed E-state index contributed by atoms with van der Waals surface area (Å²) >= 11 is 1.18. The van der Waals surface area contributed by atoms with Crippen LogP contribution >= 0.6 is 11.7 Å². The SMILES string of the molecule is CCCC(=O)Nc1ccc2nsnc2c1. The smallest absolute Gasteiger partial charge is 0.224 e. The molecule has 0 aliphatic rings. The van der Waals surface area contributed by atoms with Gasteiger partial charge in [-0.05, 0) is 24.6 Å². The summed E-state index contributed by atoms with van der Waals surface area (Å²) in [7, 11) is 0. The van der Waals surface area contributed by atoms with Crippen molar-refractivity contribution in [1.29, 1.82) is 0 Å². The lowest BCUT2D eigenvalue weighted by Crippen LogP contribution is -2.10. The molecule has 78 valence electrons. The van der Waals surface area contributed by atoms with E-state index in [1.165, 1.54) is 11.7 Å². The van der Waals surface area contributed by atoms with Crippen molar-refractivity contribution in [2.75, 3.05) is 5.32 Å². The van der Waals surface area contributed by atoms with Gasteiger partial charge in [0.15, 0.2) is 0 Å². The molecule has 2 rings (SSSR count). The number of hydrogen-bond acceptors (Lipinski definition) is 4. The fourth-order valence-electron chi connectivity index (χ4n) is 1.31.